The molecule has 0 aliphatic carbocycles. The zero-order valence-electron chi connectivity index (χ0n) is 9.99. The first kappa shape index (κ1) is 11.9. The van der Waals surface area contributed by atoms with E-state index in [2.05, 4.69) is 41.2 Å². The molecule has 0 spiro atoms. The molecule has 15 heavy (non-hydrogen) atoms. The number of hydrogen-bond acceptors (Lipinski definition) is 4. The summed E-state index contributed by atoms with van der Waals surface area (Å²) in [7, 11) is 1.90. The molecule has 84 valence electrons. The van der Waals surface area contributed by atoms with Crippen LogP contribution in [-0.2, 0) is 6.54 Å². The van der Waals surface area contributed by atoms with Crippen molar-refractivity contribution in [2.24, 2.45) is 0 Å². The van der Waals surface area contributed by atoms with Gasteiger partial charge >= 0.3 is 0 Å². The fraction of sp³-hybridized carbons (Fsp3) is 0.636. The summed E-state index contributed by atoms with van der Waals surface area (Å²) in [6.45, 7) is 8.17. The molecule has 0 fully saturated rings. The van der Waals surface area contributed by atoms with Gasteiger partial charge in [0, 0.05) is 19.1 Å². The summed E-state index contributed by atoms with van der Waals surface area (Å²) in [5.41, 5.74) is 0.973. The van der Waals surface area contributed by atoms with Crippen LogP contribution in [0.15, 0.2) is 12.1 Å². The molecule has 0 saturated heterocycles. The average molecular weight is 208 g/mol. The normalized spacial score (nSPS) is 10.7. The minimum absolute atomic E-state index is 0.458. The molecule has 0 atom stereocenters. The standard InChI is InChI=1S/C11H20N4/c1-5-15(9(2)3)11-7-6-10(8-12-4)13-14-11/h6-7,9,12H,5,8H2,1-4H3. The van der Waals surface area contributed by atoms with Crippen molar-refractivity contribution in [1.29, 1.82) is 0 Å². The predicted octanol–water partition coefficient (Wildman–Crippen LogP) is 1.43. The molecular formula is C11H20N4. The topological polar surface area (TPSA) is 41.0 Å². The molecular weight excluding hydrogens is 188 g/mol. The monoisotopic (exact) mass is 208 g/mol. The Morgan fingerprint density at radius 3 is 2.47 bits per heavy atom. The van der Waals surface area contributed by atoms with Crippen LogP contribution in [0.25, 0.3) is 0 Å². The van der Waals surface area contributed by atoms with Crippen LogP contribution in [0.5, 0.6) is 0 Å². The molecule has 1 heterocycles. The lowest BCUT2D eigenvalue weighted by molar-refractivity contribution is 0.679. The molecule has 1 rings (SSSR count). The molecule has 0 radical (unpaired) electrons. The predicted molar refractivity (Wildman–Crippen MR) is 63.0 cm³/mol. The zero-order valence-corrected chi connectivity index (χ0v) is 9.99. The lowest BCUT2D eigenvalue weighted by atomic mass is 10.3. The van der Waals surface area contributed by atoms with E-state index in [1.807, 2.05) is 19.2 Å². The van der Waals surface area contributed by atoms with Gasteiger partial charge in [-0.15, -0.1) is 5.10 Å². The van der Waals surface area contributed by atoms with Crippen LogP contribution in [0.3, 0.4) is 0 Å². The van der Waals surface area contributed by atoms with Crippen molar-refractivity contribution in [2.75, 3.05) is 18.5 Å². The van der Waals surface area contributed by atoms with Crippen molar-refractivity contribution >= 4 is 5.82 Å². The quantitative estimate of drug-likeness (QED) is 0.794. The van der Waals surface area contributed by atoms with E-state index in [1.54, 1.807) is 0 Å². The second kappa shape index (κ2) is 5.66. The Kier molecular flexibility index (Phi) is 4.49. The highest BCUT2D eigenvalue weighted by atomic mass is 15.3. The van der Waals surface area contributed by atoms with Gasteiger partial charge in [0.1, 0.15) is 0 Å². The maximum atomic E-state index is 4.23. The molecule has 0 saturated carbocycles. The first-order valence-electron chi connectivity index (χ1n) is 5.42. The fourth-order valence-electron chi connectivity index (χ4n) is 1.57. The number of hydrogen-bond donors (Lipinski definition) is 1. The van der Waals surface area contributed by atoms with E-state index in [1.165, 1.54) is 0 Å². The van der Waals surface area contributed by atoms with Crippen LogP contribution < -0.4 is 10.2 Å². The summed E-state index contributed by atoms with van der Waals surface area (Å²) in [6.07, 6.45) is 0. The van der Waals surface area contributed by atoms with Gasteiger partial charge in [-0.25, -0.2) is 0 Å². The first-order valence-corrected chi connectivity index (χ1v) is 5.42. The molecule has 4 heteroatoms. The van der Waals surface area contributed by atoms with Crippen LogP contribution in [0, 0.1) is 0 Å². The molecule has 0 aliphatic rings. The number of nitrogens with one attached hydrogen (secondary N) is 1. The minimum atomic E-state index is 0.458. The van der Waals surface area contributed by atoms with E-state index >= 15 is 0 Å². The van der Waals surface area contributed by atoms with Crippen molar-refractivity contribution in [3.63, 3.8) is 0 Å². The number of rotatable bonds is 5. The minimum Gasteiger partial charge on any atom is -0.353 e. The smallest absolute Gasteiger partial charge is 0.151 e. The summed E-state index contributed by atoms with van der Waals surface area (Å²) in [6, 6.07) is 4.51. The zero-order chi connectivity index (χ0) is 11.3. The molecule has 0 aliphatic heterocycles. The number of anilines is 1. The number of aromatic nitrogens is 2. The summed E-state index contributed by atoms with van der Waals surface area (Å²) >= 11 is 0. The van der Waals surface area contributed by atoms with Crippen molar-refractivity contribution < 1.29 is 0 Å². The third-order valence-electron chi connectivity index (χ3n) is 2.32. The Morgan fingerprint density at radius 1 is 1.33 bits per heavy atom. The Hall–Kier alpha value is -1.16. The highest BCUT2D eigenvalue weighted by Gasteiger charge is 2.09. The van der Waals surface area contributed by atoms with Gasteiger partial charge in [0.05, 0.1) is 5.69 Å². The molecule has 1 aromatic heterocycles. The molecule has 1 N–H and O–H groups in total. The fourth-order valence-corrected chi connectivity index (χ4v) is 1.57. The second-order valence-electron chi connectivity index (χ2n) is 3.79. The molecule has 4 nitrogen and oxygen atoms in total. The Balaban J connectivity index is 2.77. The van der Waals surface area contributed by atoms with E-state index in [0.717, 1.165) is 24.6 Å². The average Bonchev–Trinajstić information content (AvgIpc) is 2.21. The lowest BCUT2D eigenvalue weighted by Gasteiger charge is -2.25. The van der Waals surface area contributed by atoms with Gasteiger partial charge in [0.15, 0.2) is 5.82 Å². The molecule has 0 aromatic carbocycles. The van der Waals surface area contributed by atoms with Crippen LogP contribution >= 0.6 is 0 Å². The van der Waals surface area contributed by atoms with Gasteiger partial charge in [-0.2, -0.15) is 5.10 Å². The summed E-state index contributed by atoms with van der Waals surface area (Å²) < 4.78 is 0. The van der Waals surface area contributed by atoms with Gasteiger partial charge in [-0.1, -0.05) is 0 Å². The van der Waals surface area contributed by atoms with E-state index in [9.17, 15) is 0 Å². The van der Waals surface area contributed by atoms with Crippen LogP contribution in [-0.4, -0.2) is 29.8 Å². The SMILES string of the molecule is CCN(c1ccc(CNC)nn1)C(C)C. The Morgan fingerprint density at radius 2 is 2.07 bits per heavy atom. The third kappa shape index (κ3) is 3.16. The summed E-state index contributed by atoms with van der Waals surface area (Å²) in [5, 5.41) is 11.4. The van der Waals surface area contributed by atoms with Gasteiger partial charge in [0.2, 0.25) is 0 Å². The van der Waals surface area contributed by atoms with E-state index in [4.69, 9.17) is 0 Å². The molecule has 0 bridgehead atoms. The molecule has 0 unspecified atom stereocenters. The highest BCUT2D eigenvalue weighted by Crippen LogP contribution is 2.12. The van der Waals surface area contributed by atoms with Crippen LogP contribution in [0.4, 0.5) is 5.82 Å². The second-order valence-corrected chi connectivity index (χ2v) is 3.79. The molecule has 0 amide bonds. The lowest BCUT2D eigenvalue weighted by Crippen LogP contribution is -2.31. The van der Waals surface area contributed by atoms with Gasteiger partial charge in [-0.3, -0.25) is 0 Å². The maximum absolute atomic E-state index is 4.23. The van der Waals surface area contributed by atoms with Crippen molar-refractivity contribution in [2.45, 2.75) is 33.4 Å². The van der Waals surface area contributed by atoms with Crippen molar-refractivity contribution in [3.8, 4) is 0 Å². The van der Waals surface area contributed by atoms with Gasteiger partial charge < -0.3 is 10.2 Å². The van der Waals surface area contributed by atoms with Crippen molar-refractivity contribution in [3.05, 3.63) is 17.8 Å². The van der Waals surface area contributed by atoms with E-state index < -0.39 is 0 Å². The van der Waals surface area contributed by atoms with E-state index in [-0.39, 0.29) is 0 Å². The van der Waals surface area contributed by atoms with E-state index in [0.29, 0.717) is 6.04 Å². The highest BCUT2D eigenvalue weighted by molar-refractivity contribution is 5.38. The van der Waals surface area contributed by atoms with Gasteiger partial charge in [0.25, 0.3) is 0 Å². The summed E-state index contributed by atoms with van der Waals surface area (Å²) in [5.74, 6) is 0.951. The van der Waals surface area contributed by atoms with Crippen LogP contribution in [0.2, 0.25) is 0 Å². The Labute approximate surface area is 91.7 Å². The number of nitrogens with zero attached hydrogens (tertiary/aromatic N) is 3. The van der Waals surface area contributed by atoms with Crippen molar-refractivity contribution in [1.82, 2.24) is 15.5 Å². The molecule has 1 aromatic rings. The largest absolute Gasteiger partial charge is 0.353 e. The van der Waals surface area contributed by atoms with Crippen LogP contribution in [0.1, 0.15) is 26.5 Å². The Bertz CT molecular complexity index is 281. The van der Waals surface area contributed by atoms with Gasteiger partial charge in [-0.05, 0) is 40.0 Å². The maximum Gasteiger partial charge on any atom is 0.151 e. The summed E-state index contributed by atoms with van der Waals surface area (Å²) in [4.78, 5) is 2.22. The first-order chi connectivity index (χ1) is 7.19. The third-order valence-corrected chi connectivity index (χ3v) is 2.32.